The Morgan fingerprint density at radius 1 is 0.914 bits per heavy atom. The maximum Gasteiger partial charge on any atom is 0.300 e. The lowest BCUT2D eigenvalue weighted by Crippen LogP contribution is -2.29. The molecule has 1 aliphatic heterocycles. The van der Waals surface area contributed by atoms with Gasteiger partial charge >= 0.3 is 0 Å². The molecule has 1 N–H and O–H groups in total. The minimum absolute atomic E-state index is 0.0932. The van der Waals surface area contributed by atoms with E-state index in [1.807, 2.05) is 19.1 Å². The van der Waals surface area contributed by atoms with Crippen LogP contribution in [0.2, 0.25) is 5.02 Å². The molecule has 1 fully saturated rings. The number of nitrogens with zero attached hydrogens (tertiary/aromatic N) is 1. The van der Waals surface area contributed by atoms with E-state index in [9.17, 15) is 14.7 Å². The molecule has 1 atom stereocenters. The average molecular weight is 494 g/mol. The fraction of sp³-hybridized carbons (Fsp3) is 0.185. The van der Waals surface area contributed by atoms with Gasteiger partial charge in [-0.3, -0.25) is 14.5 Å². The summed E-state index contributed by atoms with van der Waals surface area (Å²) in [6, 6.07) is 16.3. The van der Waals surface area contributed by atoms with Crippen molar-refractivity contribution in [3.63, 3.8) is 0 Å². The summed E-state index contributed by atoms with van der Waals surface area (Å²) in [4.78, 5) is 28.1. The summed E-state index contributed by atoms with van der Waals surface area (Å²) in [5.74, 6) is -0.885. The number of ether oxygens (including phenoxy) is 3. The van der Waals surface area contributed by atoms with Crippen molar-refractivity contribution in [2.24, 2.45) is 0 Å². The third kappa shape index (κ3) is 4.31. The van der Waals surface area contributed by atoms with Gasteiger partial charge in [0, 0.05) is 11.8 Å². The Balaban J connectivity index is 2.00. The van der Waals surface area contributed by atoms with Crippen LogP contribution < -0.4 is 19.1 Å². The number of anilines is 1. The first-order valence-corrected chi connectivity index (χ1v) is 11.1. The van der Waals surface area contributed by atoms with Crippen molar-refractivity contribution >= 4 is 34.7 Å². The van der Waals surface area contributed by atoms with Crippen LogP contribution >= 0.6 is 11.6 Å². The smallest absolute Gasteiger partial charge is 0.300 e. The second-order valence-electron chi connectivity index (χ2n) is 7.97. The second-order valence-corrected chi connectivity index (χ2v) is 8.38. The molecule has 1 unspecified atom stereocenters. The van der Waals surface area contributed by atoms with Crippen LogP contribution in [-0.4, -0.2) is 38.1 Å². The molecule has 3 aromatic rings. The van der Waals surface area contributed by atoms with E-state index in [2.05, 4.69) is 0 Å². The van der Waals surface area contributed by atoms with Crippen LogP contribution in [0.4, 0.5) is 5.69 Å². The van der Waals surface area contributed by atoms with Gasteiger partial charge in [0.1, 0.15) is 23.0 Å². The van der Waals surface area contributed by atoms with E-state index in [0.717, 1.165) is 5.56 Å². The molecule has 35 heavy (non-hydrogen) atoms. The van der Waals surface area contributed by atoms with Crippen molar-refractivity contribution in [3.8, 4) is 17.2 Å². The van der Waals surface area contributed by atoms with Gasteiger partial charge in [-0.1, -0.05) is 35.9 Å². The molecule has 0 saturated carbocycles. The van der Waals surface area contributed by atoms with E-state index >= 15 is 0 Å². The van der Waals surface area contributed by atoms with Gasteiger partial charge in [0.25, 0.3) is 11.7 Å². The monoisotopic (exact) mass is 493 g/mol. The van der Waals surface area contributed by atoms with Gasteiger partial charge < -0.3 is 19.3 Å². The fourth-order valence-corrected chi connectivity index (χ4v) is 4.43. The lowest BCUT2D eigenvalue weighted by molar-refractivity contribution is -0.132. The summed E-state index contributed by atoms with van der Waals surface area (Å²) in [5.41, 5.74) is 2.10. The molecule has 0 aromatic heterocycles. The molecule has 4 rings (SSSR count). The van der Waals surface area contributed by atoms with Gasteiger partial charge in [0.15, 0.2) is 0 Å². The van der Waals surface area contributed by atoms with Gasteiger partial charge in [-0.25, -0.2) is 0 Å². The molecule has 0 radical (unpaired) electrons. The number of amides is 1. The molecular weight excluding hydrogens is 470 g/mol. The summed E-state index contributed by atoms with van der Waals surface area (Å²) in [5, 5.41) is 11.7. The maximum absolute atomic E-state index is 13.4. The van der Waals surface area contributed by atoms with Crippen molar-refractivity contribution in [2.45, 2.75) is 13.0 Å². The van der Waals surface area contributed by atoms with Crippen LogP contribution in [0, 0.1) is 6.92 Å². The number of hydrogen-bond acceptors (Lipinski definition) is 6. The van der Waals surface area contributed by atoms with E-state index < -0.39 is 23.5 Å². The second kappa shape index (κ2) is 9.72. The normalized spacial score (nSPS) is 16.9. The number of aliphatic hydroxyl groups excluding tert-OH is 1. The molecule has 1 amide bonds. The lowest BCUT2D eigenvalue weighted by Gasteiger charge is -2.26. The van der Waals surface area contributed by atoms with Crippen molar-refractivity contribution < 1.29 is 28.9 Å². The number of halogens is 1. The highest BCUT2D eigenvalue weighted by atomic mass is 35.5. The molecule has 3 aromatic carbocycles. The Hall–Kier alpha value is -3.97. The summed E-state index contributed by atoms with van der Waals surface area (Å²) >= 11 is 6.32. The number of Topliss-reactive ketones (excluding diaryl/α,β-unsaturated/α-hetero) is 1. The van der Waals surface area contributed by atoms with Gasteiger partial charge in [0.2, 0.25) is 0 Å². The van der Waals surface area contributed by atoms with Gasteiger partial charge in [-0.2, -0.15) is 0 Å². The maximum atomic E-state index is 13.4. The van der Waals surface area contributed by atoms with Gasteiger partial charge in [-0.15, -0.1) is 0 Å². The van der Waals surface area contributed by atoms with E-state index in [1.165, 1.54) is 38.4 Å². The minimum atomic E-state index is -0.919. The molecule has 8 heteroatoms. The number of ketones is 1. The van der Waals surface area contributed by atoms with E-state index in [0.29, 0.717) is 22.7 Å². The number of aliphatic hydroxyl groups is 1. The molecule has 1 saturated heterocycles. The van der Waals surface area contributed by atoms with Crippen molar-refractivity contribution in [1.82, 2.24) is 0 Å². The third-order valence-corrected chi connectivity index (χ3v) is 6.16. The SMILES string of the molecule is COc1cccc(C2/C(=C(\O)c3cc(Cl)c(OC)cc3OC)C(=O)C(=O)N2c2cccc(C)c2)c1. The largest absolute Gasteiger partial charge is 0.507 e. The molecule has 180 valence electrons. The van der Waals surface area contributed by atoms with Gasteiger partial charge in [-0.05, 0) is 48.4 Å². The molecule has 7 nitrogen and oxygen atoms in total. The van der Waals surface area contributed by atoms with Gasteiger partial charge in [0.05, 0.1) is 43.5 Å². The standard InChI is InChI=1S/C27H24ClNO6/c1-15-7-5-9-17(11-15)29-24(16-8-6-10-18(12-16)33-2)23(26(31)27(29)32)25(30)19-13-20(28)22(35-4)14-21(19)34-3/h5-14,24,30H,1-4H3/b25-23+. The highest BCUT2D eigenvalue weighted by Gasteiger charge is 2.47. The number of aryl methyl sites for hydroxylation is 1. The lowest BCUT2D eigenvalue weighted by atomic mass is 9.94. The fourth-order valence-electron chi connectivity index (χ4n) is 4.19. The zero-order chi connectivity index (χ0) is 25.3. The van der Waals surface area contributed by atoms with Crippen LogP contribution in [-0.2, 0) is 9.59 Å². The third-order valence-electron chi connectivity index (χ3n) is 5.86. The average Bonchev–Trinajstić information content (AvgIpc) is 3.13. The first-order valence-electron chi connectivity index (χ1n) is 10.7. The summed E-state index contributed by atoms with van der Waals surface area (Å²) in [6.07, 6.45) is 0. The molecule has 1 heterocycles. The topological polar surface area (TPSA) is 85.3 Å². The van der Waals surface area contributed by atoms with Crippen LogP contribution in [0.3, 0.4) is 0 Å². The van der Waals surface area contributed by atoms with E-state index in [4.69, 9.17) is 25.8 Å². The Morgan fingerprint density at radius 3 is 2.29 bits per heavy atom. The first-order chi connectivity index (χ1) is 16.8. The summed E-state index contributed by atoms with van der Waals surface area (Å²) < 4.78 is 16.0. The Bertz CT molecular complexity index is 1350. The Morgan fingerprint density at radius 2 is 1.63 bits per heavy atom. The van der Waals surface area contributed by atoms with Crippen molar-refractivity contribution in [1.29, 1.82) is 0 Å². The molecule has 0 bridgehead atoms. The van der Waals surface area contributed by atoms with E-state index in [1.54, 1.807) is 36.4 Å². The van der Waals surface area contributed by atoms with Crippen LogP contribution in [0.1, 0.15) is 22.7 Å². The Kier molecular flexibility index (Phi) is 6.71. The number of carbonyl (C=O) groups is 2. The van der Waals surface area contributed by atoms with E-state index in [-0.39, 0.29) is 21.9 Å². The van der Waals surface area contributed by atoms with Crippen molar-refractivity contribution in [3.05, 3.63) is 87.9 Å². The first kappa shape index (κ1) is 24.2. The molecule has 0 aliphatic carbocycles. The zero-order valence-corrected chi connectivity index (χ0v) is 20.4. The van der Waals surface area contributed by atoms with Crippen LogP contribution in [0.15, 0.2) is 66.2 Å². The van der Waals surface area contributed by atoms with Crippen molar-refractivity contribution in [2.75, 3.05) is 26.2 Å². The minimum Gasteiger partial charge on any atom is -0.507 e. The van der Waals surface area contributed by atoms with Crippen LogP contribution in [0.25, 0.3) is 5.76 Å². The highest BCUT2D eigenvalue weighted by molar-refractivity contribution is 6.51. The number of benzene rings is 3. The predicted octanol–water partition coefficient (Wildman–Crippen LogP) is 5.30. The number of methoxy groups -OCH3 is 3. The zero-order valence-electron chi connectivity index (χ0n) is 19.7. The Labute approximate surface area is 208 Å². The number of rotatable bonds is 6. The quantitative estimate of drug-likeness (QED) is 0.285. The summed E-state index contributed by atoms with van der Waals surface area (Å²) in [6.45, 7) is 1.89. The molecule has 0 spiro atoms. The predicted molar refractivity (Wildman–Crippen MR) is 134 cm³/mol. The summed E-state index contributed by atoms with van der Waals surface area (Å²) in [7, 11) is 4.40. The highest BCUT2D eigenvalue weighted by Crippen LogP contribution is 2.45. The van der Waals surface area contributed by atoms with Crippen LogP contribution in [0.5, 0.6) is 17.2 Å². The molecule has 1 aliphatic rings. The molecular formula is C27H24ClNO6. The number of carbonyl (C=O) groups excluding carboxylic acids is 2. The number of hydrogen-bond donors (Lipinski definition) is 1.